The molecule has 1 saturated heterocycles. The van der Waals surface area contributed by atoms with Crippen molar-refractivity contribution in [2.24, 2.45) is 0 Å². The number of amides is 1. The van der Waals surface area contributed by atoms with Crippen LogP contribution in [0.1, 0.15) is 25.7 Å². The van der Waals surface area contributed by atoms with Crippen molar-refractivity contribution in [3.63, 3.8) is 0 Å². The second kappa shape index (κ2) is 4.86. The zero-order chi connectivity index (χ0) is 9.68. The van der Waals surface area contributed by atoms with Gasteiger partial charge in [-0.3, -0.25) is 4.79 Å². The summed E-state index contributed by atoms with van der Waals surface area (Å²) in [4.78, 5) is 12.9. The van der Waals surface area contributed by atoms with Crippen LogP contribution < -0.4 is 0 Å². The van der Waals surface area contributed by atoms with E-state index in [1.165, 1.54) is 0 Å². The van der Waals surface area contributed by atoms with Gasteiger partial charge in [0.1, 0.15) is 0 Å². The van der Waals surface area contributed by atoms with Crippen LogP contribution in [0.15, 0.2) is 0 Å². The Morgan fingerprint density at radius 2 is 2.15 bits per heavy atom. The highest BCUT2D eigenvalue weighted by Crippen LogP contribution is 2.12. The van der Waals surface area contributed by atoms with Crippen molar-refractivity contribution in [1.29, 1.82) is 0 Å². The first-order valence-electron chi connectivity index (χ1n) is 4.62. The summed E-state index contributed by atoms with van der Waals surface area (Å²) < 4.78 is 13.1. The van der Waals surface area contributed by atoms with Crippen molar-refractivity contribution < 1.29 is 9.18 Å². The first-order chi connectivity index (χ1) is 6.25. The lowest BCUT2D eigenvalue weighted by Gasteiger charge is -2.17. The highest BCUT2D eigenvalue weighted by Gasteiger charge is 2.25. The molecule has 0 spiro atoms. The molecule has 1 aliphatic rings. The third-order valence-electron chi connectivity index (χ3n) is 2.23. The number of likely N-dealkylation sites (tertiary alicyclic amines) is 1. The van der Waals surface area contributed by atoms with Gasteiger partial charge in [-0.1, -0.05) is 0 Å². The highest BCUT2D eigenvalue weighted by molar-refractivity contribution is 5.81. The quantitative estimate of drug-likeness (QED) is 0.605. The Kier molecular flexibility index (Phi) is 3.75. The summed E-state index contributed by atoms with van der Waals surface area (Å²) in [5.74, 6) is 1.95. The fourth-order valence-electron chi connectivity index (χ4n) is 1.47. The Morgan fingerprint density at radius 3 is 2.69 bits per heavy atom. The van der Waals surface area contributed by atoms with Crippen molar-refractivity contribution in [1.82, 2.24) is 4.90 Å². The van der Waals surface area contributed by atoms with Gasteiger partial charge in [-0.15, -0.1) is 12.3 Å². The Bertz CT molecular complexity index is 215. The van der Waals surface area contributed by atoms with Gasteiger partial charge in [0.05, 0.1) is 0 Å². The molecule has 0 aromatic carbocycles. The highest BCUT2D eigenvalue weighted by atomic mass is 19.1. The molecule has 1 unspecified atom stereocenters. The Labute approximate surface area is 78.1 Å². The number of hydrogen-bond acceptors (Lipinski definition) is 1. The normalized spacial score (nSPS) is 18.3. The van der Waals surface area contributed by atoms with Crippen LogP contribution in [-0.2, 0) is 4.79 Å². The largest absolute Gasteiger partial charge is 0.340 e. The molecule has 1 rings (SSSR count). The maximum atomic E-state index is 13.1. The van der Waals surface area contributed by atoms with Gasteiger partial charge in [-0.2, -0.15) is 0 Å². The summed E-state index contributed by atoms with van der Waals surface area (Å²) in [5.41, 5.74) is 0. The van der Waals surface area contributed by atoms with Crippen molar-refractivity contribution in [2.75, 3.05) is 13.1 Å². The van der Waals surface area contributed by atoms with E-state index in [4.69, 9.17) is 6.42 Å². The average molecular weight is 183 g/mol. The standard InChI is InChI=1S/C10H14FNO/c1-2-3-6-9(11)10(13)12-7-4-5-8-12/h1,9H,3-8H2. The summed E-state index contributed by atoms with van der Waals surface area (Å²) >= 11 is 0. The van der Waals surface area contributed by atoms with E-state index >= 15 is 0 Å². The minimum absolute atomic E-state index is 0.159. The second-order valence-corrected chi connectivity index (χ2v) is 3.24. The topological polar surface area (TPSA) is 20.3 Å². The number of nitrogens with zero attached hydrogens (tertiary/aromatic N) is 1. The van der Waals surface area contributed by atoms with Crippen LogP contribution in [-0.4, -0.2) is 30.1 Å². The molecule has 1 heterocycles. The Morgan fingerprint density at radius 1 is 1.54 bits per heavy atom. The van der Waals surface area contributed by atoms with Gasteiger partial charge < -0.3 is 4.90 Å². The van der Waals surface area contributed by atoms with Gasteiger partial charge in [0, 0.05) is 19.5 Å². The molecule has 2 nitrogen and oxygen atoms in total. The lowest BCUT2D eigenvalue weighted by molar-refractivity contribution is -0.135. The van der Waals surface area contributed by atoms with E-state index in [1.54, 1.807) is 4.90 Å². The van der Waals surface area contributed by atoms with Crippen molar-refractivity contribution in [2.45, 2.75) is 31.9 Å². The molecule has 1 aliphatic heterocycles. The molecule has 0 aromatic rings. The third kappa shape index (κ3) is 2.73. The molecule has 13 heavy (non-hydrogen) atoms. The van der Waals surface area contributed by atoms with E-state index < -0.39 is 6.17 Å². The minimum atomic E-state index is -1.39. The predicted molar refractivity (Wildman–Crippen MR) is 48.8 cm³/mol. The summed E-state index contributed by atoms with van der Waals surface area (Å²) in [7, 11) is 0. The number of terminal acetylenes is 1. The smallest absolute Gasteiger partial charge is 0.257 e. The van der Waals surface area contributed by atoms with E-state index in [9.17, 15) is 9.18 Å². The zero-order valence-electron chi connectivity index (χ0n) is 7.63. The minimum Gasteiger partial charge on any atom is -0.340 e. The first kappa shape index (κ1) is 10.0. The molecule has 1 atom stereocenters. The molecule has 0 aromatic heterocycles. The summed E-state index contributed by atoms with van der Waals surface area (Å²) in [6, 6.07) is 0. The molecule has 0 aliphatic carbocycles. The molecule has 72 valence electrons. The van der Waals surface area contributed by atoms with Gasteiger partial charge in [0.25, 0.3) is 5.91 Å². The van der Waals surface area contributed by atoms with E-state index in [-0.39, 0.29) is 12.3 Å². The van der Waals surface area contributed by atoms with Crippen LogP contribution in [0.3, 0.4) is 0 Å². The zero-order valence-corrected chi connectivity index (χ0v) is 7.63. The number of carbonyl (C=O) groups is 1. The van der Waals surface area contributed by atoms with Crippen molar-refractivity contribution in [3.8, 4) is 12.3 Å². The van der Waals surface area contributed by atoms with Crippen LogP contribution >= 0.6 is 0 Å². The number of carbonyl (C=O) groups excluding carboxylic acids is 1. The van der Waals surface area contributed by atoms with E-state index in [0.717, 1.165) is 12.8 Å². The van der Waals surface area contributed by atoms with E-state index in [0.29, 0.717) is 19.5 Å². The van der Waals surface area contributed by atoms with Gasteiger partial charge >= 0.3 is 0 Å². The van der Waals surface area contributed by atoms with E-state index in [1.807, 2.05) is 0 Å². The Hall–Kier alpha value is -1.04. The predicted octanol–water partition coefficient (Wildman–Crippen LogP) is 1.36. The molecule has 0 saturated carbocycles. The molecule has 1 amide bonds. The molecule has 0 radical (unpaired) electrons. The molecular formula is C10H14FNO. The molecule has 0 N–H and O–H groups in total. The maximum Gasteiger partial charge on any atom is 0.257 e. The number of halogens is 1. The molecular weight excluding hydrogens is 169 g/mol. The van der Waals surface area contributed by atoms with Crippen molar-refractivity contribution >= 4 is 5.91 Å². The third-order valence-corrected chi connectivity index (χ3v) is 2.23. The molecule has 0 bridgehead atoms. The van der Waals surface area contributed by atoms with Gasteiger partial charge in [-0.25, -0.2) is 4.39 Å². The van der Waals surface area contributed by atoms with Crippen LogP contribution in [0.25, 0.3) is 0 Å². The number of rotatable bonds is 3. The molecule has 1 fully saturated rings. The van der Waals surface area contributed by atoms with Crippen LogP contribution in [0.4, 0.5) is 4.39 Å². The van der Waals surface area contributed by atoms with Crippen LogP contribution in [0.2, 0.25) is 0 Å². The van der Waals surface area contributed by atoms with E-state index in [2.05, 4.69) is 5.92 Å². The monoisotopic (exact) mass is 183 g/mol. The number of hydrogen-bond donors (Lipinski definition) is 0. The first-order valence-corrected chi connectivity index (χ1v) is 4.62. The van der Waals surface area contributed by atoms with Crippen molar-refractivity contribution in [3.05, 3.63) is 0 Å². The second-order valence-electron chi connectivity index (χ2n) is 3.24. The SMILES string of the molecule is C#CCCC(F)C(=O)N1CCCC1. The lowest BCUT2D eigenvalue weighted by atomic mass is 10.2. The average Bonchev–Trinajstić information content (AvgIpc) is 2.65. The van der Waals surface area contributed by atoms with Crippen LogP contribution in [0, 0.1) is 12.3 Å². The maximum absolute atomic E-state index is 13.1. The number of alkyl halides is 1. The summed E-state index contributed by atoms with van der Waals surface area (Å²) in [5, 5.41) is 0. The Balaban J connectivity index is 2.33. The lowest BCUT2D eigenvalue weighted by Crippen LogP contribution is -2.34. The summed E-state index contributed by atoms with van der Waals surface area (Å²) in [6.07, 6.45) is 6.07. The fraction of sp³-hybridized carbons (Fsp3) is 0.700. The van der Waals surface area contributed by atoms with Gasteiger partial charge in [0.15, 0.2) is 6.17 Å². The fourth-order valence-corrected chi connectivity index (χ4v) is 1.47. The van der Waals surface area contributed by atoms with Crippen LogP contribution in [0.5, 0.6) is 0 Å². The van der Waals surface area contributed by atoms with Gasteiger partial charge in [0.2, 0.25) is 0 Å². The molecule has 3 heteroatoms. The van der Waals surface area contributed by atoms with Gasteiger partial charge in [-0.05, 0) is 19.3 Å². The summed E-state index contributed by atoms with van der Waals surface area (Å²) in [6.45, 7) is 1.41.